The van der Waals surface area contributed by atoms with Gasteiger partial charge in [0.15, 0.2) is 11.5 Å². The minimum absolute atomic E-state index is 0.379. The molecule has 4 nitrogen and oxygen atoms in total. The van der Waals surface area contributed by atoms with E-state index in [1.807, 2.05) is 43.3 Å². The molecule has 2 aromatic rings. The monoisotopic (exact) mass is 329 g/mol. The largest absolute Gasteiger partial charge is 0.497 e. The first-order valence-corrected chi connectivity index (χ1v) is 8.44. The van der Waals surface area contributed by atoms with Crippen LogP contribution in [0.5, 0.6) is 17.2 Å². The van der Waals surface area contributed by atoms with Crippen molar-refractivity contribution in [2.24, 2.45) is 0 Å². The summed E-state index contributed by atoms with van der Waals surface area (Å²) in [4.78, 5) is 0. The Bertz CT molecular complexity index is 598. The Balaban J connectivity index is 1.71. The van der Waals surface area contributed by atoms with E-state index in [1.165, 1.54) is 5.56 Å². The summed E-state index contributed by atoms with van der Waals surface area (Å²) in [7, 11) is 1.68. The van der Waals surface area contributed by atoms with E-state index in [0.29, 0.717) is 19.3 Å². The van der Waals surface area contributed by atoms with Crippen molar-refractivity contribution >= 4 is 0 Å². The highest BCUT2D eigenvalue weighted by Crippen LogP contribution is 2.26. The molecular weight excluding hydrogens is 302 g/mol. The Morgan fingerprint density at radius 3 is 2.25 bits per heavy atom. The van der Waals surface area contributed by atoms with Crippen LogP contribution in [0.3, 0.4) is 0 Å². The zero-order valence-corrected chi connectivity index (χ0v) is 14.7. The summed E-state index contributed by atoms with van der Waals surface area (Å²) >= 11 is 0. The Morgan fingerprint density at radius 2 is 1.62 bits per heavy atom. The quantitative estimate of drug-likeness (QED) is 0.675. The number of hydrogen-bond acceptors (Lipinski definition) is 4. The van der Waals surface area contributed by atoms with Crippen LogP contribution in [-0.2, 0) is 6.42 Å². The third kappa shape index (κ3) is 5.78. The van der Waals surface area contributed by atoms with Crippen LogP contribution in [0.15, 0.2) is 48.5 Å². The first-order chi connectivity index (χ1) is 11.7. The molecule has 0 spiro atoms. The van der Waals surface area contributed by atoms with Gasteiger partial charge in [-0.15, -0.1) is 0 Å². The maximum absolute atomic E-state index is 5.82. The summed E-state index contributed by atoms with van der Waals surface area (Å²) in [5.74, 6) is 2.48. The molecular formula is C20H27NO3. The van der Waals surface area contributed by atoms with E-state index in [0.717, 1.165) is 30.2 Å². The van der Waals surface area contributed by atoms with Gasteiger partial charge in [0, 0.05) is 12.6 Å². The number of hydrogen-bond donors (Lipinski definition) is 1. The molecule has 0 aromatic heterocycles. The van der Waals surface area contributed by atoms with Gasteiger partial charge < -0.3 is 19.5 Å². The Kier molecular flexibility index (Phi) is 7.43. The summed E-state index contributed by atoms with van der Waals surface area (Å²) in [6, 6.07) is 16.3. The number of nitrogens with one attached hydrogen (secondary N) is 1. The number of rotatable bonds is 10. The summed E-state index contributed by atoms with van der Waals surface area (Å²) in [6.07, 6.45) is 0.972. The van der Waals surface area contributed by atoms with Crippen molar-refractivity contribution in [3.8, 4) is 17.2 Å². The second-order valence-electron chi connectivity index (χ2n) is 5.64. The van der Waals surface area contributed by atoms with Gasteiger partial charge in [0.1, 0.15) is 12.4 Å². The predicted molar refractivity (Wildman–Crippen MR) is 97.3 cm³/mol. The van der Waals surface area contributed by atoms with E-state index in [1.54, 1.807) is 7.11 Å². The zero-order chi connectivity index (χ0) is 17.2. The predicted octanol–water partition coefficient (Wildman–Crippen LogP) is 3.69. The maximum Gasteiger partial charge on any atom is 0.161 e. The molecule has 4 heteroatoms. The van der Waals surface area contributed by atoms with E-state index in [9.17, 15) is 0 Å². The van der Waals surface area contributed by atoms with Gasteiger partial charge in [-0.3, -0.25) is 0 Å². The van der Waals surface area contributed by atoms with E-state index in [-0.39, 0.29) is 0 Å². The van der Waals surface area contributed by atoms with Crippen LogP contribution in [0.2, 0.25) is 0 Å². The van der Waals surface area contributed by atoms with E-state index in [4.69, 9.17) is 14.2 Å². The smallest absolute Gasteiger partial charge is 0.161 e. The van der Waals surface area contributed by atoms with Gasteiger partial charge in [0.25, 0.3) is 0 Å². The highest BCUT2D eigenvalue weighted by atomic mass is 16.5. The molecule has 0 saturated heterocycles. The minimum atomic E-state index is 0.379. The lowest BCUT2D eigenvalue weighted by Crippen LogP contribution is -2.31. The van der Waals surface area contributed by atoms with Gasteiger partial charge in [-0.25, -0.2) is 0 Å². The van der Waals surface area contributed by atoms with Crippen molar-refractivity contribution < 1.29 is 14.2 Å². The molecule has 0 bridgehead atoms. The molecule has 1 atom stereocenters. The summed E-state index contributed by atoms with van der Waals surface area (Å²) in [6.45, 7) is 6.18. The lowest BCUT2D eigenvalue weighted by atomic mass is 10.1. The second-order valence-corrected chi connectivity index (χ2v) is 5.64. The van der Waals surface area contributed by atoms with Gasteiger partial charge in [-0.05, 0) is 50.1 Å². The molecule has 130 valence electrons. The highest BCUT2D eigenvalue weighted by Gasteiger charge is 2.05. The van der Waals surface area contributed by atoms with E-state index >= 15 is 0 Å². The minimum Gasteiger partial charge on any atom is -0.497 e. The first-order valence-electron chi connectivity index (χ1n) is 8.44. The van der Waals surface area contributed by atoms with Crippen LogP contribution in [0, 0.1) is 0 Å². The van der Waals surface area contributed by atoms with Crippen molar-refractivity contribution in [3.05, 3.63) is 54.1 Å². The van der Waals surface area contributed by atoms with E-state index in [2.05, 4.69) is 24.4 Å². The molecule has 0 unspecified atom stereocenters. The van der Waals surface area contributed by atoms with Crippen LogP contribution in [0.25, 0.3) is 0 Å². The number of methoxy groups -OCH3 is 1. The second kappa shape index (κ2) is 9.83. The Hall–Kier alpha value is -2.20. The van der Waals surface area contributed by atoms with Crippen LogP contribution < -0.4 is 19.5 Å². The normalized spacial score (nSPS) is 11.8. The Labute approximate surface area is 144 Å². The zero-order valence-electron chi connectivity index (χ0n) is 14.7. The fourth-order valence-electron chi connectivity index (χ4n) is 2.50. The van der Waals surface area contributed by atoms with Crippen molar-refractivity contribution in [2.45, 2.75) is 26.3 Å². The molecule has 0 saturated carbocycles. The lowest BCUT2D eigenvalue weighted by molar-refractivity contribution is 0.272. The van der Waals surface area contributed by atoms with Crippen LogP contribution in [0.1, 0.15) is 19.4 Å². The summed E-state index contributed by atoms with van der Waals surface area (Å²) in [5.41, 5.74) is 1.29. The molecule has 24 heavy (non-hydrogen) atoms. The van der Waals surface area contributed by atoms with Gasteiger partial charge in [-0.2, -0.15) is 0 Å². The average Bonchev–Trinajstić information content (AvgIpc) is 2.61. The fourth-order valence-corrected chi connectivity index (χ4v) is 2.50. The van der Waals surface area contributed by atoms with Crippen LogP contribution in [-0.4, -0.2) is 32.9 Å². The fraction of sp³-hybridized carbons (Fsp3) is 0.400. The van der Waals surface area contributed by atoms with Gasteiger partial charge in [-0.1, -0.05) is 24.3 Å². The van der Waals surface area contributed by atoms with Crippen LogP contribution in [0.4, 0.5) is 0 Å². The van der Waals surface area contributed by atoms with Crippen LogP contribution >= 0.6 is 0 Å². The maximum atomic E-state index is 5.82. The molecule has 0 amide bonds. The third-order valence-electron chi connectivity index (χ3n) is 3.70. The number of ether oxygens (including phenoxy) is 3. The molecule has 0 aliphatic carbocycles. The molecule has 1 N–H and O–H groups in total. The third-order valence-corrected chi connectivity index (χ3v) is 3.70. The molecule has 0 aliphatic rings. The Morgan fingerprint density at radius 1 is 0.958 bits per heavy atom. The molecule has 0 heterocycles. The van der Waals surface area contributed by atoms with E-state index < -0.39 is 0 Å². The van der Waals surface area contributed by atoms with Crippen molar-refractivity contribution in [3.63, 3.8) is 0 Å². The number of benzene rings is 2. The summed E-state index contributed by atoms with van der Waals surface area (Å²) in [5, 5.41) is 3.48. The van der Waals surface area contributed by atoms with Crippen molar-refractivity contribution in [2.75, 3.05) is 26.9 Å². The highest BCUT2D eigenvalue weighted by molar-refractivity contribution is 5.39. The van der Waals surface area contributed by atoms with Gasteiger partial charge in [0.05, 0.1) is 13.7 Å². The first kappa shape index (κ1) is 18.1. The molecule has 2 rings (SSSR count). The topological polar surface area (TPSA) is 39.7 Å². The summed E-state index contributed by atoms with van der Waals surface area (Å²) < 4.78 is 16.6. The molecule has 0 radical (unpaired) electrons. The number of para-hydroxylation sites is 2. The average molecular weight is 329 g/mol. The van der Waals surface area contributed by atoms with Gasteiger partial charge in [0.2, 0.25) is 0 Å². The molecule has 0 aliphatic heterocycles. The van der Waals surface area contributed by atoms with Crippen molar-refractivity contribution in [1.29, 1.82) is 0 Å². The van der Waals surface area contributed by atoms with Crippen molar-refractivity contribution in [1.82, 2.24) is 5.32 Å². The SMILES string of the molecule is CCOc1ccccc1OCCN[C@H](C)Cc1ccc(OC)cc1. The lowest BCUT2D eigenvalue weighted by Gasteiger charge is -2.15. The van der Waals surface area contributed by atoms with Gasteiger partial charge >= 0.3 is 0 Å². The molecule has 2 aromatic carbocycles. The standard InChI is InChI=1S/C20H27NO3/c1-4-23-19-7-5-6-8-20(19)24-14-13-21-16(2)15-17-9-11-18(22-3)12-10-17/h5-12,16,21H,4,13-15H2,1-3H3/t16-/m1/s1. The molecule has 0 fully saturated rings.